The van der Waals surface area contributed by atoms with E-state index in [4.69, 9.17) is 10.3 Å². The molecule has 0 spiro atoms. The molecule has 21 heavy (non-hydrogen) atoms. The molecule has 0 amide bonds. The van der Waals surface area contributed by atoms with E-state index in [1.807, 2.05) is 25.1 Å². The molecule has 0 aliphatic heterocycles. The molecule has 0 atom stereocenters. The summed E-state index contributed by atoms with van der Waals surface area (Å²) < 4.78 is 20.2. The number of nitrogens with two attached hydrogens (primary N) is 1. The van der Waals surface area contributed by atoms with Gasteiger partial charge in [-0.25, -0.2) is 4.39 Å². The molecule has 5 heteroatoms. The minimum absolute atomic E-state index is 0.169. The zero-order valence-electron chi connectivity index (χ0n) is 11.2. The summed E-state index contributed by atoms with van der Waals surface area (Å²) in [7, 11) is 0. The van der Waals surface area contributed by atoms with Gasteiger partial charge in [0.25, 0.3) is 0 Å². The zero-order valence-corrected chi connectivity index (χ0v) is 12.8. The Morgan fingerprint density at radius 2 is 1.90 bits per heavy atom. The van der Waals surface area contributed by atoms with Gasteiger partial charge >= 0.3 is 0 Å². The van der Waals surface area contributed by atoms with E-state index in [2.05, 4.69) is 21.1 Å². The lowest BCUT2D eigenvalue weighted by Gasteiger charge is -2.06. The van der Waals surface area contributed by atoms with Crippen molar-refractivity contribution < 1.29 is 8.91 Å². The predicted octanol–water partition coefficient (Wildman–Crippen LogP) is 4.80. The molecule has 3 nitrogen and oxygen atoms in total. The van der Waals surface area contributed by atoms with Crippen LogP contribution in [0.15, 0.2) is 51.5 Å². The second kappa shape index (κ2) is 5.33. The number of hydrogen-bond acceptors (Lipinski definition) is 3. The second-order valence-corrected chi connectivity index (χ2v) is 5.59. The molecular formula is C16H12BrFN2O. The normalized spacial score (nSPS) is 10.8. The predicted molar refractivity (Wildman–Crippen MR) is 84.2 cm³/mol. The van der Waals surface area contributed by atoms with Crippen molar-refractivity contribution in [2.45, 2.75) is 6.92 Å². The highest BCUT2D eigenvalue weighted by molar-refractivity contribution is 9.10. The van der Waals surface area contributed by atoms with Crippen molar-refractivity contribution in [2.24, 2.45) is 0 Å². The molecule has 3 aromatic rings. The quantitative estimate of drug-likeness (QED) is 0.724. The third-order valence-corrected chi connectivity index (χ3v) is 3.89. The Bertz CT molecular complexity index is 814. The smallest absolute Gasteiger partial charge is 0.178 e. The standard InChI is InChI=1S/C16H12BrFN2O/c1-9-6-7-10(12(17)8-9)15-14(16(19)20-21-15)11-4-2-3-5-13(11)18/h2-8H,1H3,(H2,19,20). The average molecular weight is 347 g/mol. The van der Waals surface area contributed by atoms with Gasteiger partial charge in [0.2, 0.25) is 0 Å². The maximum Gasteiger partial charge on any atom is 0.178 e. The average Bonchev–Trinajstić information content (AvgIpc) is 2.81. The van der Waals surface area contributed by atoms with Gasteiger partial charge in [-0.15, -0.1) is 0 Å². The van der Waals surface area contributed by atoms with Gasteiger partial charge < -0.3 is 10.3 Å². The molecule has 0 saturated carbocycles. The van der Waals surface area contributed by atoms with E-state index >= 15 is 0 Å². The highest BCUT2D eigenvalue weighted by Gasteiger charge is 2.21. The molecular weight excluding hydrogens is 335 g/mol. The maximum atomic E-state index is 14.1. The highest BCUT2D eigenvalue weighted by atomic mass is 79.9. The van der Waals surface area contributed by atoms with E-state index in [9.17, 15) is 4.39 Å². The number of nitrogens with zero attached hydrogens (tertiary/aromatic N) is 1. The Kier molecular flexibility index (Phi) is 3.51. The van der Waals surface area contributed by atoms with E-state index in [-0.39, 0.29) is 11.6 Å². The first-order valence-corrected chi connectivity index (χ1v) is 7.14. The van der Waals surface area contributed by atoms with Crippen LogP contribution in [-0.2, 0) is 0 Å². The number of anilines is 1. The van der Waals surface area contributed by atoms with Crippen molar-refractivity contribution in [3.63, 3.8) is 0 Å². The summed E-state index contributed by atoms with van der Waals surface area (Å²) in [4.78, 5) is 0. The highest BCUT2D eigenvalue weighted by Crippen LogP contribution is 2.40. The minimum Gasteiger partial charge on any atom is -0.380 e. The van der Waals surface area contributed by atoms with E-state index < -0.39 is 0 Å². The van der Waals surface area contributed by atoms with Crippen LogP contribution < -0.4 is 5.73 Å². The van der Waals surface area contributed by atoms with Gasteiger partial charge in [0, 0.05) is 15.6 Å². The summed E-state index contributed by atoms with van der Waals surface area (Å²) in [6.45, 7) is 1.99. The molecule has 1 aromatic heterocycles. The summed E-state index contributed by atoms with van der Waals surface area (Å²) in [6, 6.07) is 12.2. The molecule has 0 saturated heterocycles. The molecule has 0 fully saturated rings. The third kappa shape index (κ3) is 2.45. The van der Waals surface area contributed by atoms with Crippen LogP contribution in [0.1, 0.15) is 5.56 Å². The van der Waals surface area contributed by atoms with Crippen molar-refractivity contribution >= 4 is 21.7 Å². The van der Waals surface area contributed by atoms with Crippen molar-refractivity contribution in [3.05, 3.63) is 58.3 Å². The number of hydrogen-bond donors (Lipinski definition) is 1. The molecule has 106 valence electrons. The SMILES string of the molecule is Cc1ccc(-c2onc(N)c2-c2ccccc2F)c(Br)c1. The number of aromatic nitrogens is 1. The van der Waals surface area contributed by atoms with Gasteiger partial charge in [-0.2, -0.15) is 0 Å². The van der Waals surface area contributed by atoms with E-state index in [1.54, 1.807) is 18.2 Å². The van der Waals surface area contributed by atoms with E-state index in [1.165, 1.54) is 6.07 Å². The fourth-order valence-electron chi connectivity index (χ4n) is 2.21. The molecule has 0 aliphatic carbocycles. The van der Waals surface area contributed by atoms with Gasteiger partial charge in [0.15, 0.2) is 11.6 Å². The summed E-state index contributed by atoms with van der Waals surface area (Å²) in [5.74, 6) is 0.254. The number of nitrogen functional groups attached to an aromatic ring is 1. The van der Waals surface area contributed by atoms with Gasteiger partial charge in [-0.1, -0.05) is 45.4 Å². The fraction of sp³-hybridized carbons (Fsp3) is 0.0625. The third-order valence-electron chi connectivity index (χ3n) is 3.23. The molecule has 1 heterocycles. The van der Waals surface area contributed by atoms with Crippen molar-refractivity contribution in [1.29, 1.82) is 0 Å². The Labute approximate surface area is 129 Å². The number of halogens is 2. The first kappa shape index (κ1) is 13.8. The first-order chi connectivity index (χ1) is 10.1. The summed E-state index contributed by atoms with van der Waals surface area (Å²) in [5.41, 5.74) is 8.60. The molecule has 3 rings (SSSR count). The molecule has 2 N–H and O–H groups in total. The van der Waals surface area contributed by atoms with Crippen LogP contribution >= 0.6 is 15.9 Å². The van der Waals surface area contributed by atoms with Crippen molar-refractivity contribution in [2.75, 3.05) is 5.73 Å². The van der Waals surface area contributed by atoms with Crippen LogP contribution in [0.4, 0.5) is 10.2 Å². The minimum atomic E-state index is -0.364. The molecule has 0 aliphatic rings. The Morgan fingerprint density at radius 1 is 1.14 bits per heavy atom. The second-order valence-electron chi connectivity index (χ2n) is 4.74. The monoisotopic (exact) mass is 346 g/mol. The Morgan fingerprint density at radius 3 is 2.62 bits per heavy atom. The number of benzene rings is 2. The summed E-state index contributed by atoms with van der Waals surface area (Å²) in [6.07, 6.45) is 0. The maximum absolute atomic E-state index is 14.1. The lowest BCUT2D eigenvalue weighted by atomic mass is 10.0. The van der Waals surface area contributed by atoms with Crippen LogP contribution in [0.25, 0.3) is 22.5 Å². The van der Waals surface area contributed by atoms with Crippen LogP contribution in [0, 0.1) is 12.7 Å². The summed E-state index contributed by atoms with van der Waals surface area (Å²) >= 11 is 3.50. The molecule has 0 radical (unpaired) electrons. The molecule has 0 unspecified atom stereocenters. The van der Waals surface area contributed by atoms with Crippen LogP contribution in [0.3, 0.4) is 0 Å². The Hall–Kier alpha value is -2.14. The topological polar surface area (TPSA) is 52.0 Å². The van der Waals surface area contributed by atoms with Gasteiger partial charge in [-0.3, -0.25) is 0 Å². The largest absolute Gasteiger partial charge is 0.380 e. The van der Waals surface area contributed by atoms with E-state index in [0.29, 0.717) is 16.9 Å². The van der Waals surface area contributed by atoms with Gasteiger partial charge in [0.1, 0.15) is 5.82 Å². The van der Waals surface area contributed by atoms with Gasteiger partial charge in [0.05, 0.1) is 5.56 Å². The van der Waals surface area contributed by atoms with E-state index in [0.717, 1.165) is 15.6 Å². The molecule has 0 bridgehead atoms. The lowest BCUT2D eigenvalue weighted by Crippen LogP contribution is -1.91. The van der Waals surface area contributed by atoms with Crippen LogP contribution in [0.5, 0.6) is 0 Å². The van der Waals surface area contributed by atoms with Gasteiger partial charge in [-0.05, 0) is 30.7 Å². The van der Waals surface area contributed by atoms with Crippen molar-refractivity contribution in [3.8, 4) is 22.5 Å². The van der Waals surface area contributed by atoms with Crippen molar-refractivity contribution in [1.82, 2.24) is 5.16 Å². The van der Waals surface area contributed by atoms with Crippen LogP contribution in [-0.4, -0.2) is 5.16 Å². The first-order valence-electron chi connectivity index (χ1n) is 6.34. The number of rotatable bonds is 2. The number of aryl methyl sites for hydroxylation is 1. The summed E-state index contributed by atoms with van der Waals surface area (Å²) in [5, 5.41) is 3.79. The lowest BCUT2D eigenvalue weighted by molar-refractivity contribution is 0.436. The molecule has 2 aromatic carbocycles. The zero-order chi connectivity index (χ0) is 15.0. The van der Waals surface area contributed by atoms with Crippen LogP contribution in [0.2, 0.25) is 0 Å². The Balaban J connectivity index is 2.25. The fourth-order valence-corrected chi connectivity index (χ4v) is 2.89.